The fourth-order valence-corrected chi connectivity index (χ4v) is 3.23. The molecule has 0 unspecified atom stereocenters. The van der Waals surface area contributed by atoms with Gasteiger partial charge in [-0.1, -0.05) is 18.2 Å². The number of ether oxygens (including phenoxy) is 1. The number of carboxylic acids is 2. The van der Waals surface area contributed by atoms with Crippen LogP contribution in [0.2, 0.25) is 0 Å². The molecule has 9 nitrogen and oxygen atoms in total. The molecule has 0 saturated heterocycles. The Labute approximate surface area is 190 Å². The molecular weight excluding hydrogens is 426 g/mol. The van der Waals surface area contributed by atoms with Crippen LogP contribution >= 0.6 is 0 Å². The molecule has 1 heterocycles. The highest BCUT2D eigenvalue weighted by atomic mass is 16.5. The number of hydrogen-bond donors (Lipinski definition) is 3. The number of nitrogens with zero attached hydrogens (tertiary/aromatic N) is 2. The first-order valence-corrected chi connectivity index (χ1v) is 10.2. The number of aliphatic carboxylic acids is 2. The van der Waals surface area contributed by atoms with Crippen LogP contribution in [0.3, 0.4) is 0 Å². The van der Waals surface area contributed by atoms with Crippen molar-refractivity contribution >= 4 is 28.8 Å². The summed E-state index contributed by atoms with van der Waals surface area (Å²) in [6.07, 6.45) is 3.39. The first-order chi connectivity index (χ1) is 15.7. The van der Waals surface area contributed by atoms with Crippen LogP contribution in [-0.4, -0.2) is 45.3 Å². The maximum atomic E-state index is 12.0. The molecule has 3 aromatic rings. The highest BCUT2D eigenvalue weighted by molar-refractivity contribution is 6.27. The number of carboxylic acid groups (broad SMARTS) is 2. The standard InChI is InChI=1S/C22H23N3O2.C2H2O4/c1-16(24)12-17-13-19-8-10-25(21(19)20(14-17)15-23)9-5-11-27-22(26)18-6-3-2-4-7-18;3-1(4)2(5)6/h2-4,6-8,10,13-14,16H,5,9,11-12,24H2,1H3;(H,3,4)(H,5,6)/t16-;/m1./s1. The van der Waals surface area contributed by atoms with Gasteiger partial charge >= 0.3 is 17.9 Å². The molecule has 0 aliphatic heterocycles. The number of esters is 1. The molecule has 1 aromatic heterocycles. The summed E-state index contributed by atoms with van der Waals surface area (Å²) >= 11 is 0. The average Bonchev–Trinajstić information content (AvgIpc) is 3.19. The third-order valence-corrected chi connectivity index (χ3v) is 4.57. The predicted octanol–water partition coefficient (Wildman–Crippen LogP) is 2.81. The third-order valence-electron chi connectivity index (χ3n) is 4.57. The van der Waals surface area contributed by atoms with Crippen molar-refractivity contribution in [1.82, 2.24) is 4.57 Å². The molecule has 0 spiro atoms. The zero-order valence-electron chi connectivity index (χ0n) is 18.1. The third kappa shape index (κ3) is 7.48. The van der Waals surface area contributed by atoms with Crippen molar-refractivity contribution in [3.63, 3.8) is 0 Å². The molecule has 4 N–H and O–H groups in total. The molecule has 0 aliphatic rings. The minimum atomic E-state index is -1.82. The molecule has 0 fully saturated rings. The van der Waals surface area contributed by atoms with Gasteiger partial charge in [-0.3, -0.25) is 0 Å². The molecule has 0 aliphatic carbocycles. The number of carbonyl (C=O) groups excluding carboxylic acids is 1. The van der Waals surface area contributed by atoms with Crippen LogP contribution in [0.15, 0.2) is 54.7 Å². The lowest BCUT2D eigenvalue weighted by Gasteiger charge is -2.10. The Hall–Kier alpha value is -4.16. The minimum absolute atomic E-state index is 0.0513. The van der Waals surface area contributed by atoms with Gasteiger partial charge in [0.25, 0.3) is 0 Å². The lowest BCUT2D eigenvalue weighted by molar-refractivity contribution is -0.159. The Kier molecular flexibility index (Phi) is 9.15. The lowest BCUT2D eigenvalue weighted by atomic mass is 10.0. The molecule has 33 heavy (non-hydrogen) atoms. The van der Waals surface area contributed by atoms with Gasteiger partial charge in [-0.05, 0) is 55.7 Å². The molecule has 172 valence electrons. The Morgan fingerprint density at radius 2 is 1.79 bits per heavy atom. The van der Waals surface area contributed by atoms with E-state index in [2.05, 4.69) is 12.1 Å². The van der Waals surface area contributed by atoms with Crippen LogP contribution in [0.25, 0.3) is 10.9 Å². The highest BCUT2D eigenvalue weighted by Gasteiger charge is 2.11. The number of hydrogen-bond acceptors (Lipinski definition) is 6. The van der Waals surface area contributed by atoms with E-state index in [4.69, 9.17) is 30.3 Å². The number of aryl methyl sites for hydroxylation is 1. The van der Waals surface area contributed by atoms with E-state index in [0.717, 1.165) is 22.9 Å². The quantitative estimate of drug-likeness (QED) is 0.281. The molecule has 2 aromatic carbocycles. The number of fused-ring (bicyclic) bond motifs is 1. The minimum Gasteiger partial charge on any atom is -0.473 e. The zero-order valence-corrected chi connectivity index (χ0v) is 18.1. The van der Waals surface area contributed by atoms with Gasteiger partial charge in [-0.15, -0.1) is 0 Å². The first-order valence-electron chi connectivity index (χ1n) is 10.2. The van der Waals surface area contributed by atoms with Gasteiger partial charge < -0.3 is 25.3 Å². The number of nitriles is 1. The number of nitrogens with two attached hydrogens (primary N) is 1. The Morgan fingerprint density at radius 3 is 2.36 bits per heavy atom. The molecule has 1 atom stereocenters. The molecule has 0 saturated carbocycles. The van der Waals surface area contributed by atoms with Gasteiger partial charge in [-0.25, -0.2) is 14.4 Å². The SMILES string of the molecule is C[C@@H](N)Cc1cc(C#N)c2c(ccn2CCCOC(=O)c2ccccc2)c1.O=C(O)C(=O)O. The van der Waals surface area contributed by atoms with Crippen molar-refractivity contribution in [2.24, 2.45) is 5.73 Å². The van der Waals surface area contributed by atoms with E-state index in [1.165, 1.54) is 0 Å². The van der Waals surface area contributed by atoms with Crippen LogP contribution in [-0.2, 0) is 27.3 Å². The molecule has 0 radical (unpaired) electrons. The molecule has 9 heteroatoms. The monoisotopic (exact) mass is 451 g/mol. The van der Waals surface area contributed by atoms with E-state index in [1.807, 2.05) is 48.0 Å². The van der Waals surface area contributed by atoms with Crippen molar-refractivity contribution in [3.05, 3.63) is 71.4 Å². The van der Waals surface area contributed by atoms with Crippen molar-refractivity contribution in [2.75, 3.05) is 6.61 Å². The van der Waals surface area contributed by atoms with Gasteiger partial charge in [0, 0.05) is 24.2 Å². The fraction of sp³-hybridized carbons (Fsp3) is 0.250. The van der Waals surface area contributed by atoms with Crippen molar-refractivity contribution in [3.8, 4) is 6.07 Å². The average molecular weight is 451 g/mol. The van der Waals surface area contributed by atoms with Gasteiger partial charge in [0.15, 0.2) is 0 Å². The highest BCUT2D eigenvalue weighted by Crippen LogP contribution is 2.23. The molecule has 0 bridgehead atoms. The summed E-state index contributed by atoms with van der Waals surface area (Å²) in [6, 6.07) is 17.3. The largest absolute Gasteiger partial charge is 0.473 e. The van der Waals surface area contributed by atoms with Gasteiger partial charge in [-0.2, -0.15) is 5.26 Å². The van der Waals surface area contributed by atoms with Crippen molar-refractivity contribution < 1.29 is 29.3 Å². The number of rotatable bonds is 7. The Balaban J connectivity index is 0.000000569. The summed E-state index contributed by atoms with van der Waals surface area (Å²) in [5, 5.41) is 25.4. The first kappa shape index (κ1) is 25.1. The summed E-state index contributed by atoms with van der Waals surface area (Å²) in [4.78, 5) is 30.2. The molecular formula is C24H25N3O6. The van der Waals surface area contributed by atoms with Crippen LogP contribution < -0.4 is 5.73 Å². The fourth-order valence-electron chi connectivity index (χ4n) is 3.23. The van der Waals surface area contributed by atoms with Gasteiger partial charge in [0.2, 0.25) is 0 Å². The normalized spacial score (nSPS) is 11.1. The lowest BCUT2D eigenvalue weighted by Crippen LogP contribution is -2.17. The van der Waals surface area contributed by atoms with Crippen LogP contribution in [0.4, 0.5) is 0 Å². The summed E-state index contributed by atoms with van der Waals surface area (Å²) < 4.78 is 7.37. The van der Waals surface area contributed by atoms with E-state index in [0.29, 0.717) is 30.7 Å². The summed E-state index contributed by atoms with van der Waals surface area (Å²) in [5.41, 5.74) is 9.07. The number of benzene rings is 2. The van der Waals surface area contributed by atoms with Crippen molar-refractivity contribution in [1.29, 1.82) is 5.26 Å². The van der Waals surface area contributed by atoms with Crippen molar-refractivity contribution in [2.45, 2.75) is 32.4 Å². The maximum absolute atomic E-state index is 12.0. The van der Waals surface area contributed by atoms with E-state index in [1.54, 1.807) is 12.1 Å². The van der Waals surface area contributed by atoms with E-state index in [-0.39, 0.29) is 12.0 Å². The Morgan fingerprint density at radius 1 is 1.12 bits per heavy atom. The van der Waals surface area contributed by atoms with Crippen LogP contribution in [0, 0.1) is 11.3 Å². The number of aromatic nitrogens is 1. The topological polar surface area (TPSA) is 156 Å². The zero-order chi connectivity index (χ0) is 24.4. The summed E-state index contributed by atoms with van der Waals surface area (Å²) in [7, 11) is 0. The predicted molar refractivity (Wildman–Crippen MR) is 121 cm³/mol. The van der Waals surface area contributed by atoms with Crippen LogP contribution in [0.1, 0.15) is 34.8 Å². The van der Waals surface area contributed by atoms with Gasteiger partial charge in [0.1, 0.15) is 6.07 Å². The maximum Gasteiger partial charge on any atom is 0.414 e. The van der Waals surface area contributed by atoms with Crippen LogP contribution in [0.5, 0.6) is 0 Å². The molecule has 0 amide bonds. The second-order valence-electron chi connectivity index (χ2n) is 7.35. The summed E-state index contributed by atoms with van der Waals surface area (Å²) in [5.74, 6) is -3.96. The second kappa shape index (κ2) is 12.0. The number of carbonyl (C=O) groups is 3. The van der Waals surface area contributed by atoms with Gasteiger partial charge in [0.05, 0.1) is 23.3 Å². The van der Waals surface area contributed by atoms with E-state index < -0.39 is 11.9 Å². The molecule has 3 rings (SSSR count). The second-order valence-corrected chi connectivity index (χ2v) is 7.35. The smallest absolute Gasteiger partial charge is 0.414 e. The Bertz CT molecular complexity index is 1150. The van der Waals surface area contributed by atoms with E-state index >= 15 is 0 Å². The van der Waals surface area contributed by atoms with E-state index in [9.17, 15) is 10.1 Å². The summed E-state index contributed by atoms with van der Waals surface area (Å²) in [6.45, 7) is 2.96.